The summed E-state index contributed by atoms with van der Waals surface area (Å²) in [4.78, 5) is 30.7. The smallest absolute Gasteiger partial charge is 0.245 e. The van der Waals surface area contributed by atoms with Gasteiger partial charge in [0, 0.05) is 45.7 Å². The van der Waals surface area contributed by atoms with Crippen molar-refractivity contribution in [1.82, 2.24) is 14.7 Å². The van der Waals surface area contributed by atoms with Crippen molar-refractivity contribution in [3.05, 3.63) is 0 Å². The molecule has 1 saturated carbocycles. The average molecular weight is 293 g/mol. The fourth-order valence-electron chi connectivity index (χ4n) is 3.89. The normalized spacial score (nSPS) is 28.3. The van der Waals surface area contributed by atoms with Crippen LogP contribution in [0.15, 0.2) is 0 Å². The van der Waals surface area contributed by atoms with Crippen LogP contribution in [0, 0.1) is 0 Å². The highest BCUT2D eigenvalue weighted by molar-refractivity contribution is 5.87. The van der Waals surface area contributed by atoms with E-state index in [9.17, 15) is 9.59 Å². The fraction of sp³-hybridized carbons (Fsp3) is 0.875. The quantitative estimate of drug-likeness (QED) is 0.765. The molecule has 0 aromatic carbocycles. The standard InChI is InChI=1S/C16H27N3O2/c1-13(20)19-10-3-7-15(19)16(21)18-9-4-8-17(11-12-18)14-5-2-6-14/h14-15H,2-12H2,1H3/t15-/m1/s1. The van der Waals surface area contributed by atoms with E-state index < -0.39 is 0 Å². The Hall–Kier alpha value is -1.10. The van der Waals surface area contributed by atoms with Gasteiger partial charge >= 0.3 is 0 Å². The third kappa shape index (κ3) is 3.07. The van der Waals surface area contributed by atoms with Crippen LogP contribution < -0.4 is 0 Å². The van der Waals surface area contributed by atoms with Gasteiger partial charge in [0.2, 0.25) is 11.8 Å². The monoisotopic (exact) mass is 293 g/mol. The molecule has 5 nitrogen and oxygen atoms in total. The minimum atomic E-state index is -0.197. The molecule has 3 aliphatic rings. The summed E-state index contributed by atoms with van der Waals surface area (Å²) in [6, 6.07) is 0.568. The third-order valence-electron chi connectivity index (χ3n) is 5.38. The Kier molecular flexibility index (Phi) is 4.48. The SMILES string of the molecule is CC(=O)N1CCC[C@@H]1C(=O)N1CCCN(C2CCC2)CC1. The van der Waals surface area contributed by atoms with Crippen LogP contribution in [0.4, 0.5) is 0 Å². The number of nitrogens with zero attached hydrogens (tertiary/aromatic N) is 3. The van der Waals surface area contributed by atoms with Gasteiger partial charge in [0.25, 0.3) is 0 Å². The van der Waals surface area contributed by atoms with Crippen molar-refractivity contribution < 1.29 is 9.59 Å². The molecule has 2 saturated heterocycles. The molecule has 21 heavy (non-hydrogen) atoms. The van der Waals surface area contributed by atoms with Gasteiger partial charge in [-0.2, -0.15) is 0 Å². The Morgan fingerprint density at radius 2 is 1.67 bits per heavy atom. The lowest BCUT2D eigenvalue weighted by Crippen LogP contribution is -2.48. The van der Waals surface area contributed by atoms with E-state index in [-0.39, 0.29) is 17.9 Å². The molecule has 0 spiro atoms. The second kappa shape index (κ2) is 6.34. The maximum atomic E-state index is 12.7. The van der Waals surface area contributed by atoms with Crippen LogP contribution in [0.5, 0.6) is 0 Å². The summed E-state index contributed by atoms with van der Waals surface area (Å²) in [5, 5.41) is 0. The maximum absolute atomic E-state index is 12.7. The first-order valence-corrected chi connectivity index (χ1v) is 8.47. The van der Waals surface area contributed by atoms with Crippen LogP contribution in [-0.2, 0) is 9.59 Å². The molecule has 0 unspecified atom stereocenters. The van der Waals surface area contributed by atoms with Gasteiger partial charge < -0.3 is 9.80 Å². The zero-order valence-corrected chi connectivity index (χ0v) is 13.1. The lowest BCUT2D eigenvalue weighted by molar-refractivity contribution is -0.142. The molecule has 3 fully saturated rings. The van der Waals surface area contributed by atoms with Crippen molar-refractivity contribution in [2.75, 3.05) is 32.7 Å². The molecule has 0 bridgehead atoms. The molecule has 0 aromatic heterocycles. The molecule has 2 amide bonds. The van der Waals surface area contributed by atoms with Gasteiger partial charge in [0.05, 0.1) is 0 Å². The molecule has 1 atom stereocenters. The number of hydrogen-bond acceptors (Lipinski definition) is 3. The Labute approximate surface area is 127 Å². The highest BCUT2D eigenvalue weighted by atomic mass is 16.2. The third-order valence-corrected chi connectivity index (χ3v) is 5.38. The maximum Gasteiger partial charge on any atom is 0.245 e. The summed E-state index contributed by atoms with van der Waals surface area (Å²) in [5.41, 5.74) is 0. The van der Waals surface area contributed by atoms with Gasteiger partial charge in [-0.3, -0.25) is 14.5 Å². The van der Waals surface area contributed by atoms with Crippen molar-refractivity contribution in [1.29, 1.82) is 0 Å². The molecule has 1 aliphatic carbocycles. The largest absolute Gasteiger partial charge is 0.340 e. The van der Waals surface area contributed by atoms with Gasteiger partial charge in [-0.25, -0.2) is 0 Å². The Morgan fingerprint density at radius 3 is 2.33 bits per heavy atom. The second-order valence-corrected chi connectivity index (χ2v) is 6.67. The summed E-state index contributed by atoms with van der Waals surface area (Å²) in [6.07, 6.45) is 6.87. The number of carbonyl (C=O) groups is 2. The van der Waals surface area contributed by atoms with E-state index in [2.05, 4.69) is 4.90 Å². The molecule has 118 valence electrons. The molecular weight excluding hydrogens is 266 g/mol. The summed E-state index contributed by atoms with van der Waals surface area (Å²) >= 11 is 0. The summed E-state index contributed by atoms with van der Waals surface area (Å²) in [5.74, 6) is 0.218. The summed E-state index contributed by atoms with van der Waals surface area (Å²) in [6.45, 7) is 6.13. The van der Waals surface area contributed by atoms with Crippen LogP contribution in [0.3, 0.4) is 0 Å². The van der Waals surface area contributed by atoms with Gasteiger partial charge in [-0.15, -0.1) is 0 Å². The Balaban J connectivity index is 1.58. The van der Waals surface area contributed by atoms with E-state index in [0.29, 0.717) is 0 Å². The van der Waals surface area contributed by atoms with Crippen LogP contribution in [0.2, 0.25) is 0 Å². The zero-order chi connectivity index (χ0) is 14.8. The lowest BCUT2D eigenvalue weighted by atomic mass is 9.91. The first-order chi connectivity index (χ1) is 10.2. The highest BCUT2D eigenvalue weighted by Gasteiger charge is 2.36. The van der Waals surface area contributed by atoms with E-state index in [0.717, 1.165) is 58.0 Å². The van der Waals surface area contributed by atoms with Crippen molar-refractivity contribution in [3.63, 3.8) is 0 Å². The molecule has 2 heterocycles. The van der Waals surface area contributed by atoms with E-state index in [4.69, 9.17) is 0 Å². The number of rotatable bonds is 2. The van der Waals surface area contributed by atoms with Gasteiger partial charge in [0.1, 0.15) is 6.04 Å². The van der Waals surface area contributed by atoms with E-state index >= 15 is 0 Å². The van der Waals surface area contributed by atoms with Crippen LogP contribution in [0.1, 0.15) is 45.4 Å². The molecule has 0 radical (unpaired) electrons. The summed E-state index contributed by atoms with van der Waals surface area (Å²) < 4.78 is 0. The van der Waals surface area contributed by atoms with Gasteiger partial charge in [-0.05, 0) is 32.1 Å². The lowest BCUT2D eigenvalue weighted by Gasteiger charge is -2.36. The van der Waals surface area contributed by atoms with Gasteiger partial charge in [0.15, 0.2) is 0 Å². The van der Waals surface area contributed by atoms with Gasteiger partial charge in [-0.1, -0.05) is 6.42 Å². The van der Waals surface area contributed by atoms with E-state index in [1.807, 2.05) is 4.90 Å². The minimum absolute atomic E-state index is 0.0387. The Bertz CT molecular complexity index is 408. The Morgan fingerprint density at radius 1 is 0.857 bits per heavy atom. The number of carbonyl (C=O) groups excluding carboxylic acids is 2. The van der Waals surface area contributed by atoms with Crippen LogP contribution in [-0.4, -0.2) is 71.3 Å². The fourth-order valence-corrected chi connectivity index (χ4v) is 3.89. The number of likely N-dealkylation sites (tertiary alicyclic amines) is 1. The predicted octanol–water partition coefficient (Wildman–Crippen LogP) is 1.08. The molecule has 2 aliphatic heterocycles. The second-order valence-electron chi connectivity index (χ2n) is 6.67. The first-order valence-electron chi connectivity index (χ1n) is 8.47. The predicted molar refractivity (Wildman–Crippen MR) is 80.8 cm³/mol. The topological polar surface area (TPSA) is 43.9 Å². The molecule has 5 heteroatoms. The van der Waals surface area contributed by atoms with Crippen molar-refractivity contribution in [2.45, 2.75) is 57.5 Å². The molecule has 3 rings (SSSR count). The molecule has 0 N–H and O–H groups in total. The van der Waals surface area contributed by atoms with Crippen molar-refractivity contribution in [2.24, 2.45) is 0 Å². The average Bonchev–Trinajstić information content (AvgIpc) is 2.77. The van der Waals surface area contributed by atoms with Crippen LogP contribution >= 0.6 is 0 Å². The zero-order valence-electron chi connectivity index (χ0n) is 13.1. The van der Waals surface area contributed by atoms with Crippen LogP contribution in [0.25, 0.3) is 0 Å². The van der Waals surface area contributed by atoms with Crippen molar-refractivity contribution >= 4 is 11.8 Å². The number of amides is 2. The molecule has 0 aromatic rings. The van der Waals surface area contributed by atoms with Crippen molar-refractivity contribution in [3.8, 4) is 0 Å². The number of hydrogen-bond donors (Lipinski definition) is 0. The first kappa shape index (κ1) is 14.8. The van der Waals surface area contributed by atoms with E-state index in [1.54, 1.807) is 11.8 Å². The summed E-state index contributed by atoms with van der Waals surface area (Å²) in [7, 11) is 0. The molecular formula is C16H27N3O2. The minimum Gasteiger partial charge on any atom is -0.340 e. The van der Waals surface area contributed by atoms with E-state index in [1.165, 1.54) is 19.3 Å². The highest BCUT2D eigenvalue weighted by Crippen LogP contribution is 2.26.